The van der Waals surface area contributed by atoms with Crippen molar-refractivity contribution >= 4 is 5.69 Å². The minimum atomic E-state index is -0.584. The second kappa shape index (κ2) is 5.93. The van der Waals surface area contributed by atoms with Crippen LogP contribution in [0, 0.1) is 0 Å². The molecule has 1 saturated carbocycles. The zero-order valence-electron chi connectivity index (χ0n) is 13.3. The molecule has 0 bridgehead atoms. The Kier molecular flexibility index (Phi) is 4.18. The monoisotopic (exact) mass is 289 g/mol. The van der Waals surface area contributed by atoms with Gasteiger partial charge in [0.25, 0.3) is 0 Å². The second-order valence-electron chi connectivity index (χ2n) is 6.76. The van der Waals surface area contributed by atoms with Gasteiger partial charge < -0.3 is 14.9 Å². The van der Waals surface area contributed by atoms with Crippen LogP contribution in [0.2, 0.25) is 0 Å². The Balaban J connectivity index is 1.66. The number of hydrogen-bond donors (Lipinski definition) is 1. The van der Waals surface area contributed by atoms with Crippen LogP contribution in [0.3, 0.4) is 0 Å². The molecule has 0 spiro atoms. The number of anilines is 1. The fraction of sp³-hybridized carbons (Fsp3) is 0.706. The third-order valence-corrected chi connectivity index (χ3v) is 4.81. The standard InChI is InChI=1S/C17H27N3O/c1-3-14-5-6-16(11-18-14)20-10-4-9-17(21,13-20)12-19(2)15-7-8-15/h5-6,11,15,21H,3-4,7-10,12-13H2,1-2H3/t17-/m1/s1. The maximum absolute atomic E-state index is 10.9. The molecule has 2 fully saturated rings. The summed E-state index contributed by atoms with van der Waals surface area (Å²) in [5.74, 6) is 0. The lowest BCUT2D eigenvalue weighted by Crippen LogP contribution is -2.54. The number of aryl methyl sites for hydroxylation is 1. The Bertz CT molecular complexity index is 471. The van der Waals surface area contributed by atoms with Crippen LogP contribution in [0.5, 0.6) is 0 Å². The van der Waals surface area contributed by atoms with E-state index in [1.165, 1.54) is 12.8 Å². The molecule has 1 aromatic heterocycles. The molecule has 1 N–H and O–H groups in total. The van der Waals surface area contributed by atoms with E-state index in [0.717, 1.165) is 50.3 Å². The fourth-order valence-corrected chi connectivity index (χ4v) is 3.38. The zero-order chi connectivity index (χ0) is 14.9. The predicted octanol–water partition coefficient (Wildman–Crippen LogP) is 2.07. The Morgan fingerprint density at radius 1 is 1.43 bits per heavy atom. The summed E-state index contributed by atoms with van der Waals surface area (Å²) in [5.41, 5.74) is 1.68. The van der Waals surface area contributed by atoms with Crippen molar-refractivity contribution in [2.24, 2.45) is 0 Å². The van der Waals surface area contributed by atoms with Gasteiger partial charge in [0.1, 0.15) is 0 Å². The average Bonchev–Trinajstić information content (AvgIpc) is 3.31. The molecule has 1 atom stereocenters. The van der Waals surface area contributed by atoms with Crippen molar-refractivity contribution < 1.29 is 5.11 Å². The smallest absolute Gasteiger partial charge is 0.0948 e. The number of piperidine rings is 1. The first kappa shape index (κ1) is 14.8. The quantitative estimate of drug-likeness (QED) is 0.901. The summed E-state index contributed by atoms with van der Waals surface area (Å²) in [4.78, 5) is 9.11. The third kappa shape index (κ3) is 3.55. The van der Waals surface area contributed by atoms with Crippen molar-refractivity contribution in [2.75, 3.05) is 31.6 Å². The molecule has 21 heavy (non-hydrogen) atoms. The first-order valence-electron chi connectivity index (χ1n) is 8.22. The van der Waals surface area contributed by atoms with E-state index < -0.39 is 5.60 Å². The van der Waals surface area contributed by atoms with Gasteiger partial charge >= 0.3 is 0 Å². The van der Waals surface area contributed by atoms with E-state index in [9.17, 15) is 5.11 Å². The van der Waals surface area contributed by atoms with E-state index in [1.54, 1.807) is 0 Å². The number of pyridine rings is 1. The third-order valence-electron chi connectivity index (χ3n) is 4.81. The van der Waals surface area contributed by atoms with Crippen LogP contribution in [-0.4, -0.2) is 53.3 Å². The van der Waals surface area contributed by atoms with Gasteiger partial charge in [-0.2, -0.15) is 0 Å². The number of hydrogen-bond acceptors (Lipinski definition) is 4. The first-order chi connectivity index (χ1) is 10.1. The normalized spacial score (nSPS) is 26.4. The topological polar surface area (TPSA) is 39.6 Å². The predicted molar refractivity (Wildman–Crippen MR) is 85.7 cm³/mol. The van der Waals surface area contributed by atoms with Crippen molar-refractivity contribution in [2.45, 2.75) is 50.7 Å². The molecule has 1 aliphatic carbocycles. The summed E-state index contributed by atoms with van der Waals surface area (Å²) in [5, 5.41) is 10.9. The van der Waals surface area contributed by atoms with Crippen molar-refractivity contribution in [3.63, 3.8) is 0 Å². The number of likely N-dealkylation sites (N-methyl/N-ethyl adjacent to an activating group) is 1. The molecule has 1 aliphatic heterocycles. The number of β-amino-alcohol motifs (C(OH)–C–C–N with tert-alkyl or cyclic N) is 1. The molecule has 3 rings (SSSR count). The molecule has 0 aromatic carbocycles. The Morgan fingerprint density at radius 2 is 2.24 bits per heavy atom. The van der Waals surface area contributed by atoms with Gasteiger partial charge in [0, 0.05) is 31.4 Å². The van der Waals surface area contributed by atoms with Crippen LogP contribution in [0.25, 0.3) is 0 Å². The van der Waals surface area contributed by atoms with Crippen molar-refractivity contribution in [1.82, 2.24) is 9.88 Å². The van der Waals surface area contributed by atoms with E-state index in [-0.39, 0.29) is 0 Å². The lowest BCUT2D eigenvalue weighted by atomic mass is 9.92. The summed E-state index contributed by atoms with van der Waals surface area (Å²) < 4.78 is 0. The Morgan fingerprint density at radius 3 is 2.86 bits per heavy atom. The van der Waals surface area contributed by atoms with E-state index >= 15 is 0 Å². The summed E-state index contributed by atoms with van der Waals surface area (Å²) in [6.07, 6.45) is 7.45. The maximum atomic E-state index is 10.9. The Labute approximate surface area is 127 Å². The Hall–Kier alpha value is -1.13. The van der Waals surface area contributed by atoms with Crippen LogP contribution in [0.1, 0.15) is 38.3 Å². The summed E-state index contributed by atoms with van der Waals surface area (Å²) in [7, 11) is 2.15. The van der Waals surface area contributed by atoms with Gasteiger partial charge in [0.05, 0.1) is 17.5 Å². The van der Waals surface area contributed by atoms with Gasteiger partial charge in [-0.05, 0) is 51.3 Å². The summed E-state index contributed by atoms with van der Waals surface area (Å²) in [6.45, 7) is 4.64. The molecular weight excluding hydrogens is 262 g/mol. The molecule has 2 aliphatic rings. The van der Waals surface area contributed by atoms with E-state index in [2.05, 4.69) is 40.9 Å². The lowest BCUT2D eigenvalue weighted by Gasteiger charge is -2.42. The van der Waals surface area contributed by atoms with Gasteiger partial charge in [-0.1, -0.05) is 6.92 Å². The molecule has 4 heteroatoms. The van der Waals surface area contributed by atoms with Crippen LogP contribution in [0.15, 0.2) is 18.3 Å². The van der Waals surface area contributed by atoms with Crippen LogP contribution >= 0.6 is 0 Å². The zero-order valence-corrected chi connectivity index (χ0v) is 13.3. The highest BCUT2D eigenvalue weighted by Crippen LogP contribution is 2.31. The average molecular weight is 289 g/mol. The molecule has 0 unspecified atom stereocenters. The fourth-order valence-electron chi connectivity index (χ4n) is 3.38. The summed E-state index contributed by atoms with van der Waals surface area (Å²) >= 11 is 0. The molecule has 116 valence electrons. The molecule has 2 heterocycles. The molecule has 1 aromatic rings. The summed E-state index contributed by atoms with van der Waals surface area (Å²) in [6, 6.07) is 4.94. The molecule has 4 nitrogen and oxygen atoms in total. The van der Waals surface area contributed by atoms with Crippen LogP contribution in [-0.2, 0) is 6.42 Å². The van der Waals surface area contributed by atoms with Crippen molar-refractivity contribution in [1.29, 1.82) is 0 Å². The first-order valence-corrected chi connectivity index (χ1v) is 8.22. The van der Waals surface area contributed by atoms with Crippen LogP contribution in [0.4, 0.5) is 5.69 Å². The van der Waals surface area contributed by atoms with E-state index in [0.29, 0.717) is 6.04 Å². The van der Waals surface area contributed by atoms with Gasteiger partial charge in [0.2, 0.25) is 0 Å². The maximum Gasteiger partial charge on any atom is 0.0948 e. The largest absolute Gasteiger partial charge is 0.387 e. The van der Waals surface area contributed by atoms with Crippen LogP contribution < -0.4 is 4.90 Å². The second-order valence-corrected chi connectivity index (χ2v) is 6.76. The molecular formula is C17H27N3O. The molecule has 0 radical (unpaired) electrons. The van der Waals surface area contributed by atoms with Gasteiger partial charge in [0.15, 0.2) is 0 Å². The highest BCUT2D eigenvalue weighted by molar-refractivity contribution is 5.45. The van der Waals surface area contributed by atoms with Gasteiger partial charge in [-0.25, -0.2) is 0 Å². The lowest BCUT2D eigenvalue weighted by molar-refractivity contribution is -0.00343. The van der Waals surface area contributed by atoms with Crippen molar-refractivity contribution in [3.8, 4) is 0 Å². The highest BCUT2D eigenvalue weighted by atomic mass is 16.3. The minimum absolute atomic E-state index is 0.584. The SMILES string of the molecule is CCc1ccc(N2CCC[C@@](O)(CN(C)C3CC3)C2)cn1. The molecule has 1 saturated heterocycles. The van der Waals surface area contributed by atoms with E-state index in [1.807, 2.05) is 6.20 Å². The number of nitrogens with zero attached hydrogens (tertiary/aromatic N) is 3. The van der Waals surface area contributed by atoms with Gasteiger partial charge in [-0.15, -0.1) is 0 Å². The number of aliphatic hydroxyl groups is 1. The van der Waals surface area contributed by atoms with E-state index in [4.69, 9.17) is 0 Å². The number of aromatic nitrogens is 1. The van der Waals surface area contributed by atoms with Gasteiger partial charge in [-0.3, -0.25) is 4.98 Å². The number of rotatable bonds is 5. The molecule has 0 amide bonds. The minimum Gasteiger partial charge on any atom is -0.387 e. The van der Waals surface area contributed by atoms with Crippen molar-refractivity contribution in [3.05, 3.63) is 24.0 Å². The highest BCUT2D eigenvalue weighted by Gasteiger charge is 2.37.